The number of rotatable bonds is 5. The van der Waals surface area contributed by atoms with Crippen LogP contribution < -0.4 is 5.32 Å². The van der Waals surface area contributed by atoms with Gasteiger partial charge in [-0.3, -0.25) is 9.78 Å². The summed E-state index contributed by atoms with van der Waals surface area (Å²) < 4.78 is 13.9. The number of pyridine rings is 1. The van der Waals surface area contributed by atoms with Crippen LogP contribution in [0.2, 0.25) is 0 Å². The highest BCUT2D eigenvalue weighted by atomic mass is 16.6. The Balaban J connectivity index is 1.21. The minimum absolute atomic E-state index is 0.00985. The first-order valence-electron chi connectivity index (χ1n) is 10.6. The first kappa shape index (κ1) is 18.7. The molecule has 1 saturated carbocycles. The minimum atomic E-state index is -0.206. The molecular formula is C21H27N5O3. The summed E-state index contributed by atoms with van der Waals surface area (Å²) in [5.74, 6) is 0.526. The average Bonchev–Trinajstić information content (AvgIpc) is 3.47. The van der Waals surface area contributed by atoms with E-state index in [9.17, 15) is 4.79 Å². The molecule has 1 aliphatic carbocycles. The molecule has 1 N–H and O–H groups in total. The van der Waals surface area contributed by atoms with Crippen molar-refractivity contribution < 1.29 is 14.3 Å². The van der Waals surface area contributed by atoms with Gasteiger partial charge < -0.3 is 14.8 Å². The standard InChI is InChI=1S/C21H27N5O3/c27-21(16-8-4-5-9-22-16)23-17-12-28-20-18(13-29-19(17)20)26-11-15(24-25-26)10-14-6-2-1-3-7-14/h4-5,8-9,11,14,17-20H,1-3,6-7,10,12-13H2,(H,23,27)/t17-,18-,19+,20+/m0/s1. The van der Waals surface area contributed by atoms with E-state index >= 15 is 0 Å². The Labute approximate surface area is 170 Å². The van der Waals surface area contributed by atoms with Crippen LogP contribution >= 0.6 is 0 Å². The molecule has 8 heteroatoms. The van der Waals surface area contributed by atoms with Gasteiger partial charge in [0.1, 0.15) is 23.9 Å². The fourth-order valence-electron chi connectivity index (χ4n) is 4.83. The monoisotopic (exact) mass is 397 g/mol. The normalized spacial score (nSPS) is 29.7. The van der Waals surface area contributed by atoms with Crippen LogP contribution in [0.1, 0.15) is 54.3 Å². The van der Waals surface area contributed by atoms with Gasteiger partial charge in [-0.05, 0) is 24.5 Å². The maximum absolute atomic E-state index is 12.4. The third-order valence-electron chi connectivity index (χ3n) is 6.36. The molecule has 0 radical (unpaired) electrons. The van der Waals surface area contributed by atoms with Crippen molar-refractivity contribution in [2.24, 2.45) is 5.92 Å². The topological polar surface area (TPSA) is 91.2 Å². The molecule has 29 heavy (non-hydrogen) atoms. The van der Waals surface area contributed by atoms with Gasteiger partial charge in [0, 0.05) is 12.4 Å². The van der Waals surface area contributed by atoms with Crippen LogP contribution in [0.5, 0.6) is 0 Å². The van der Waals surface area contributed by atoms with Crippen molar-refractivity contribution >= 4 is 5.91 Å². The van der Waals surface area contributed by atoms with Gasteiger partial charge in [0.2, 0.25) is 0 Å². The largest absolute Gasteiger partial charge is 0.371 e. The molecule has 1 amide bonds. The number of nitrogens with zero attached hydrogens (tertiary/aromatic N) is 4. The summed E-state index contributed by atoms with van der Waals surface area (Å²) in [6.07, 6.45) is 11.0. The number of nitrogens with one attached hydrogen (secondary N) is 1. The lowest BCUT2D eigenvalue weighted by Crippen LogP contribution is -2.44. The summed E-state index contributed by atoms with van der Waals surface area (Å²) in [6, 6.07) is 5.09. The van der Waals surface area contributed by atoms with Crippen molar-refractivity contribution in [3.63, 3.8) is 0 Å². The van der Waals surface area contributed by atoms with E-state index in [1.807, 2.05) is 10.9 Å². The second kappa shape index (κ2) is 8.20. The van der Waals surface area contributed by atoms with Gasteiger partial charge in [0.25, 0.3) is 5.91 Å². The molecule has 4 heterocycles. The Morgan fingerprint density at radius 1 is 1.14 bits per heavy atom. The second-order valence-corrected chi connectivity index (χ2v) is 8.36. The van der Waals surface area contributed by atoms with Crippen LogP contribution in [0, 0.1) is 5.92 Å². The molecule has 3 aliphatic rings. The van der Waals surface area contributed by atoms with E-state index in [0.717, 1.165) is 18.0 Å². The van der Waals surface area contributed by atoms with E-state index in [-0.39, 0.29) is 30.2 Å². The summed E-state index contributed by atoms with van der Waals surface area (Å²) in [6.45, 7) is 0.936. The third-order valence-corrected chi connectivity index (χ3v) is 6.36. The molecule has 154 valence electrons. The molecule has 3 fully saturated rings. The molecule has 0 spiro atoms. The van der Waals surface area contributed by atoms with E-state index in [1.54, 1.807) is 24.4 Å². The summed E-state index contributed by atoms with van der Waals surface area (Å²) in [7, 11) is 0. The maximum Gasteiger partial charge on any atom is 0.270 e. The van der Waals surface area contributed by atoms with Gasteiger partial charge in [-0.15, -0.1) is 5.10 Å². The number of fused-ring (bicyclic) bond motifs is 1. The zero-order valence-electron chi connectivity index (χ0n) is 16.4. The third kappa shape index (κ3) is 3.91. The van der Waals surface area contributed by atoms with Crippen molar-refractivity contribution in [2.45, 2.75) is 62.8 Å². The average molecular weight is 397 g/mol. The molecule has 2 saturated heterocycles. The Hall–Kier alpha value is -2.32. The van der Waals surface area contributed by atoms with Gasteiger partial charge in [-0.1, -0.05) is 43.4 Å². The van der Waals surface area contributed by atoms with E-state index in [1.165, 1.54) is 32.1 Å². The fraction of sp³-hybridized carbons (Fsp3) is 0.619. The fourth-order valence-corrected chi connectivity index (χ4v) is 4.83. The lowest BCUT2D eigenvalue weighted by molar-refractivity contribution is 0.0613. The summed E-state index contributed by atoms with van der Waals surface area (Å²) in [4.78, 5) is 16.5. The van der Waals surface area contributed by atoms with Crippen molar-refractivity contribution in [3.05, 3.63) is 42.0 Å². The molecule has 0 bridgehead atoms. The van der Waals surface area contributed by atoms with E-state index in [0.29, 0.717) is 18.9 Å². The van der Waals surface area contributed by atoms with Crippen molar-refractivity contribution in [1.29, 1.82) is 0 Å². The van der Waals surface area contributed by atoms with Crippen LogP contribution in [0.25, 0.3) is 0 Å². The molecule has 8 nitrogen and oxygen atoms in total. The molecule has 0 aromatic carbocycles. The number of carbonyl (C=O) groups is 1. The zero-order chi connectivity index (χ0) is 19.6. The van der Waals surface area contributed by atoms with Gasteiger partial charge >= 0.3 is 0 Å². The smallest absolute Gasteiger partial charge is 0.270 e. The highest BCUT2D eigenvalue weighted by Crippen LogP contribution is 2.34. The van der Waals surface area contributed by atoms with Gasteiger partial charge in [-0.2, -0.15) is 0 Å². The number of hydrogen-bond donors (Lipinski definition) is 1. The lowest BCUT2D eigenvalue weighted by atomic mass is 9.86. The number of aromatic nitrogens is 4. The molecule has 2 aromatic rings. The number of amides is 1. The van der Waals surface area contributed by atoms with Gasteiger partial charge in [0.15, 0.2) is 0 Å². The van der Waals surface area contributed by atoms with Crippen LogP contribution in [0.4, 0.5) is 0 Å². The molecular weight excluding hydrogens is 370 g/mol. The second-order valence-electron chi connectivity index (χ2n) is 8.36. The molecule has 2 aliphatic heterocycles. The van der Waals surface area contributed by atoms with Gasteiger partial charge in [-0.25, -0.2) is 4.68 Å². The predicted octanol–water partition coefficient (Wildman–Crippen LogP) is 1.93. The number of carbonyl (C=O) groups excluding carboxylic acids is 1. The Bertz CT molecular complexity index is 836. The molecule has 5 rings (SSSR count). The van der Waals surface area contributed by atoms with E-state index in [2.05, 4.69) is 20.6 Å². The summed E-state index contributed by atoms with van der Waals surface area (Å²) in [5, 5.41) is 11.8. The van der Waals surface area contributed by atoms with Crippen LogP contribution in [-0.4, -0.2) is 57.3 Å². The van der Waals surface area contributed by atoms with E-state index in [4.69, 9.17) is 9.47 Å². The van der Waals surface area contributed by atoms with Crippen molar-refractivity contribution in [1.82, 2.24) is 25.3 Å². The minimum Gasteiger partial charge on any atom is -0.371 e. The van der Waals surface area contributed by atoms with Crippen LogP contribution in [0.15, 0.2) is 30.6 Å². The predicted molar refractivity (Wildman–Crippen MR) is 104 cm³/mol. The maximum atomic E-state index is 12.4. The summed E-state index contributed by atoms with van der Waals surface area (Å²) >= 11 is 0. The highest BCUT2D eigenvalue weighted by Gasteiger charge is 2.49. The Morgan fingerprint density at radius 3 is 2.83 bits per heavy atom. The van der Waals surface area contributed by atoms with Crippen LogP contribution in [-0.2, 0) is 15.9 Å². The number of hydrogen-bond acceptors (Lipinski definition) is 6. The first-order valence-corrected chi connectivity index (χ1v) is 10.6. The Kier molecular flexibility index (Phi) is 5.28. The quantitative estimate of drug-likeness (QED) is 0.829. The SMILES string of the molecule is O=C(N[C@H]1CO[C@H]2[C@@H]1OC[C@@H]2n1cc(CC2CCCCC2)nn1)c1ccccn1. The Morgan fingerprint density at radius 2 is 2.00 bits per heavy atom. The van der Waals surface area contributed by atoms with Crippen molar-refractivity contribution in [3.8, 4) is 0 Å². The zero-order valence-corrected chi connectivity index (χ0v) is 16.4. The van der Waals surface area contributed by atoms with Crippen molar-refractivity contribution in [2.75, 3.05) is 13.2 Å². The highest BCUT2D eigenvalue weighted by molar-refractivity contribution is 5.92. The van der Waals surface area contributed by atoms with E-state index < -0.39 is 0 Å². The lowest BCUT2D eigenvalue weighted by Gasteiger charge is -2.20. The van der Waals surface area contributed by atoms with Crippen LogP contribution in [0.3, 0.4) is 0 Å². The van der Waals surface area contributed by atoms with Gasteiger partial charge in [0.05, 0.1) is 24.9 Å². The molecule has 4 atom stereocenters. The molecule has 0 unspecified atom stereocenters. The first-order chi connectivity index (χ1) is 14.3. The molecule has 2 aromatic heterocycles. The number of ether oxygens (including phenoxy) is 2. The summed E-state index contributed by atoms with van der Waals surface area (Å²) in [5.41, 5.74) is 1.45.